The van der Waals surface area contributed by atoms with E-state index in [1.807, 2.05) is 69.3 Å². The van der Waals surface area contributed by atoms with Crippen molar-refractivity contribution in [1.82, 2.24) is 0 Å². The van der Waals surface area contributed by atoms with Crippen LogP contribution in [0.4, 0.5) is 5.69 Å². The van der Waals surface area contributed by atoms with E-state index in [-0.39, 0.29) is 5.91 Å². The van der Waals surface area contributed by atoms with Gasteiger partial charge in [0.25, 0.3) is 0 Å². The van der Waals surface area contributed by atoms with E-state index < -0.39 is 0 Å². The molecule has 0 aliphatic carbocycles. The summed E-state index contributed by atoms with van der Waals surface area (Å²) in [6, 6.07) is 13.9. The zero-order valence-electron chi connectivity index (χ0n) is 12.1. The zero-order valence-corrected chi connectivity index (χ0v) is 12.1. The average molecular weight is 265 g/mol. The first-order valence-corrected chi connectivity index (χ1v) is 6.69. The molecule has 1 N–H and O–H groups in total. The van der Waals surface area contributed by atoms with Crippen molar-refractivity contribution < 1.29 is 4.79 Å². The number of amides is 1. The lowest BCUT2D eigenvalue weighted by atomic mass is 10.1. The summed E-state index contributed by atoms with van der Waals surface area (Å²) in [5.74, 6) is -0.109. The lowest BCUT2D eigenvalue weighted by Crippen LogP contribution is -2.09. The lowest BCUT2D eigenvalue weighted by molar-refractivity contribution is -0.111. The molecule has 2 aromatic carbocycles. The maximum atomic E-state index is 12.0. The van der Waals surface area contributed by atoms with Gasteiger partial charge >= 0.3 is 0 Å². The van der Waals surface area contributed by atoms with E-state index in [9.17, 15) is 4.79 Å². The Labute approximate surface area is 120 Å². The van der Waals surface area contributed by atoms with Crippen molar-refractivity contribution in [3.8, 4) is 0 Å². The third kappa shape index (κ3) is 3.35. The Balaban J connectivity index is 2.10. The number of anilines is 1. The standard InChI is InChI=1S/C18H19NO/c1-13-8-6-10-17(15(13)3)19-18(20)12-11-16-9-5-4-7-14(16)2/h4-12H,1-3H3,(H,19,20)/b12-11+. The first kappa shape index (κ1) is 14.1. The molecule has 0 atom stereocenters. The Morgan fingerprint density at radius 3 is 2.40 bits per heavy atom. The molecule has 0 saturated heterocycles. The van der Waals surface area contributed by atoms with Crippen molar-refractivity contribution in [1.29, 1.82) is 0 Å². The predicted octanol–water partition coefficient (Wildman–Crippen LogP) is 4.26. The number of carbonyl (C=O) groups is 1. The van der Waals surface area contributed by atoms with E-state index in [2.05, 4.69) is 5.32 Å². The van der Waals surface area contributed by atoms with Crippen molar-refractivity contribution in [3.63, 3.8) is 0 Å². The molecule has 0 fully saturated rings. The summed E-state index contributed by atoms with van der Waals surface area (Å²) in [4.78, 5) is 12.0. The summed E-state index contributed by atoms with van der Waals surface area (Å²) >= 11 is 0. The van der Waals surface area contributed by atoms with Crippen molar-refractivity contribution >= 4 is 17.7 Å². The minimum Gasteiger partial charge on any atom is -0.322 e. The normalized spacial score (nSPS) is 10.8. The summed E-state index contributed by atoms with van der Waals surface area (Å²) in [6.07, 6.45) is 3.42. The van der Waals surface area contributed by atoms with Gasteiger partial charge in [0.2, 0.25) is 5.91 Å². The number of rotatable bonds is 3. The largest absolute Gasteiger partial charge is 0.322 e. The first-order valence-electron chi connectivity index (χ1n) is 6.69. The molecule has 0 bridgehead atoms. The second-order valence-electron chi connectivity index (χ2n) is 4.93. The van der Waals surface area contributed by atoms with Crippen LogP contribution in [-0.4, -0.2) is 5.91 Å². The minimum absolute atomic E-state index is 0.109. The first-order chi connectivity index (χ1) is 9.58. The Hall–Kier alpha value is -2.35. The topological polar surface area (TPSA) is 29.1 Å². The van der Waals surface area contributed by atoms with Crippen molar-refractivity contribution in [3.05, 3.63) is 70.8 Å². The van der Waals surface area contributed by atoms with Crippen LogP contribution in [0.5, 0.6) is 0 Å². The molecule has 102 valence electrons. The molecule has 2 aromatic rings. The zero-order chi connectivity index (χ0) is 14.5. The van der Waals surface area contributed by atoms with E-state index >= 15 is 0 Å². The Kier molecular flexibility index (Phi) is 4.36. The second kappa shape index (κ2) is 6.20. The van der Waals surface area contributed by atoms with E-state index in [1.165, 1.54) is 5.56 Å². The third-order valence-corrected chi connectivity index (χ3v) is 3.47. The molecule has 1 amide bonds. The second-order valence-corrected chi connectivity index (χ2v) is 4.93. The van der Waals surface area contributed by atoms with Crippen LogP contribution in [0.3, 0.4) is 0 Å². The molecule has 0 aromatic heterocycles. The monoisotopic (exact) mass is 265 g/mol. The molecular formula is C18H19NO. The van der Waals surface area contributed by atoms with Crippen molar-refractivity contribution in [2.75, 3.05) is 5.32 Å². The van der Waals surface area contributed by atoms with Gasteiger partial charge in [0.1, 0.15) is 0 Å². The van der Waals surface area contributed by atoms with Gasteiger partial charge in [0.15, 0.2) is 0 Å². The molecule has 2 heteroatoms. The Morgan fingerprint density at radius 1 is 0.950 bits per heavy atom. The van der Waals surface area contributed by atoms with Crippen LogP contribution in [0.15, 0.2) is 48.5 Å². The van der Waals surface area contributed by atoms with Gasteiger partial charge in [-0.15, -0.1) is 0 Å². The molecule has 0 radical (unpaired) electrons. The summed E-state index contributed by atoms with van der Waals surface area (Å²) in [5, 5.41) is 2.91. The Morgan fingerprint density at radius 2 is 1.65 bits per heavy atom. The van der Waals surface area contributed by atoms with Gasteiger partial charge in [-0.1, -0.05) is 36.4 Å². The summed E-state index contributed by atoms with van der Waals surface area (Å²) in [7, 11) is 0. The predicted molar refractivity (Wildman–Crippen MR) is 84.8 cm³/mol. The molecule has 0 aliphatic heterocycles. The highest BCUT2D eigenvalue weighted by atomic mass is 16.1. The highest BCUT2D eigenvalue weighted by Gasteiger charge is 2.03. The highest BCUT2D eigenvalue weighted by Crippen LogP contribution is 2.18. The number of benzene rings is 2. The van der Waals surface area contributed by atoms with Crippen LogP contribution in [0.2, 0.25) is 0 Å². The SMILES string of the molecule is Cc1ccccc1/C=C/C(=O)Nc1cccc(C)c1C. The molecule has 0 unspecified atom stereocenters. The smallest absolute Gasteiger partial charge is 0.248 e. The molecular weight excluding hydrogens is 246 g/mol. The van der Waals surface area contributed by atoms with Gasteiger partial charge in [-0.2, -0.15) is 0 Å². The van der Waals surface area contributed by atoms with Crippen molar-refractivity contribution in [2.24, 2.45) is 0 Å². The van der Waals surface area contributed by atoms with Crippen LogP contribution < -0.4 is 5.32 Å². The molecule has 0 aliphatic rings. The number of aryl methyl sites for hydroxylation is 2. The maximum Gasteiger partial charge on any atom is 0.248 e. The lowest BCUT2D eigenvalue weighted by Gasteiger charge is -2.08. The van der Waals surface area contributed by atoms with E-state index in [0.29, 0.717) is 0 Å². The van der Waals surface area contributed by atoms with Crippen molar-refractivity contribution in [2.45, 2.75) is 20.8 Å². The molecule has 2 nitrogen and oxygen atoms in total. The van der Waals surface area contributed by atoms with Gasteiger partial charge in [-0.05, 0) is 55.2 Å². The summed E-state index contributed by atoms with van der Waals surface area (Å²) in [6.45, 7) is 6.08. The Bertz CT molecular complexity index is 656. The van der Waals surface area contributed by atoms with Crippen LogP contribution in [0.25, 0.3) is 6.08 Å². The van der Waals surface area contributed by atoms with Gasteiger partial charge < -0.3 is 5.32 Å². The fourth-order valence-corrected chi connectivity index (χ4v) is 2.00. The average Bonchev–Trinajstić information content (AvgIpc) is 2.43. The molecule has 2 rings (SSSR count). The number of hydrogen-bond acceptors (Lipinski definition) is 1. The molecule has 0 heterocycles. The quantitative estimate of drug-likeness (QED) is 0.825. The fourth-order valence-electron chi connectivity index (χ4n) is 2.00. The van der Waals surface area contributed by atoms with E-state index in [1.54, 1.807) is 6.08 Å². The van der Waals surface area contributed by atoms with Gasteiger partial charge in [0.05, 0.1) is 0 Å². The van der Waals surface area contributed by atoms with Crippen LogP contribution in [-0.2, 0) is 4.79 Å². The van der Waals surface area contributed by atoms with Crippen LogP contribution >= 0.6 is 0 Å². The van der Waals surface area contributed by atoms with Gasteiger partial charge in [-0.25, -0.2) is 0 Å². The molecule has 0 saturated carbocycles. The fraction of sp³-hybridized carbons (Fsp3) is 0.167. The highest BCUT2D eigenvalue weighted by molar-refractivity contribution is 6.02. The number of nitrogens with one attached hydrogen (secondary N) is 1. The molecule has 0 spiro atoms. The summed E-state index contributed by atoms with van der Waals surface area (Å²) < 4.78 is 0. The number of hydrogen-bond donors (Lipinski definition) is 1. The van der Waals surface area contributed by atoms with Gasteiger partial charge in [0, 0.05) is 11.8 Å². The molecule has 20 heavy (non-hydrogen) atoms. The maximum absolute atomic E-state index is 12.0. The van der Waals surface area contributed by atoms with Gasteiger partial charge in [-0.3, -0.25) is 4.79 Å². The minimum atomic E-state index is -0.109. The van der Waals surface area contributed by atoms with Crippen LogP contribution in [0, 0.1) is 20.8 Å². The van der Waals surface area contributed by atoms with E-state index in [4.69, 9.17) is 0 Å². The third-order valence-electron chi connectivity index (χ3n) is 3.47. The number of carbonyl (C=O) groups excluding carboxylic acids is 1. The summed E-state index contributed by atoms with van der Waals surface area (Å²) in [5.41, 5.74) is 5.35. The van der Waals surface area contributed by atoms with E-state index in [0.717, 1.165) is 22.4 Å². The van der Waals surface area contributed by atoms with Crippen LogP contribution in [0.1, 0.15) is 22.3 Å².